The van der Waals surface area contributed by atoms with Crippen LogP contribution in [0.15, 0.2) is 66.7 Å². The molecule has 0 spiro atoms. The summed E-state index contributed by atoms with van der Waals surface area (Å²) in [4.78, 5) is 19.9. The zero-order valence-corrected chi connectivity index (χ0v) is 20.8. The fourth-order valence-electron chi connectivity index (χ4n) is 5.00. The molecule has 186 valence electrons. The van der Waals surface area contributed by atoms with Crippen LogP contribution in [0.3, 0.4) is 0 Å². The molecule has 3 aromatic carbocycles. The lowest BCUT2D eigenvalue weighted by Crippen LogP contribution is -2.38. The van der Waals surface area contributed by atoms with Crippen LogP contribution in [0.2, 0.25) is 0 Å². The van der Waals surface area contributed by atoms with Crippen LogP contribution in [0.4, 0.5) is 5.95 Å². The van der Waals surface area contributed by atoms with Gasteiger partial charge in [-0.25, -0.2) is 4.98 Å². The number of amides is 1. The topological polar surface area (TPSA) is 82.6 Å². The first-order valence-corrected chi connectivity index (χ1v) is 12.5. The SMILES string of the molecule is COc1ccc(Cn2c(N)nc3ccc(Oc4ccccc4)cc32)cc1C(=O)N(C)C1CCCCC1. The Balaban J connectivity index is 1.43. The van der Waals surface area contributed by atoms with Crippen molar-refractivity contribution in [1.29, 1.82) is 0 Å². The van der Waals surface area contributed by atoms with Crippen molar-refractivity contribution in [1.82, 2.24) is 14.5 Å². The number of anilines is 1. The monoisotopic (exact) mass is 484 g/mol. The predicted molar refractivity (Wildman–Crippen MR) is 142 cm³/mol. The summed E-state index contributed by atoms with van der Waals surface area (Å²) in [6, 6.07) is 21.4. The highest BCUT2D eigenvalue weighted by atomic mass is 16.5. The van der Waals surface area contributed by atoms with Crippen LogP contribution >= 0.6 is 0 Å². The van der Waals surface area contributed by atoms with Gasteiger partial charge in [0.2, 0.25) is 5.95 Å². The quantitative estimate of drug-likeness (QED) is 0.355. The maximum absolute atomic E-state index is 13.5. The number of carbonyl (C=O) groups is 1. The van der Waals surface area contributed by atoms with Gasteiger partial charge in [0.15, 0.2) is 0 Å². The molecule has 1 aliphatic carbocycles. The number of ether oxygens (including phenoxy) is 2. The first-order valence-electron chi connectivity index (χ1n) is 12.5. The summed E-state index contributed by atoms with van der Waals surface area (Å²) in [6.07, 6.45) is 5.69. The number of carbonyl (C=O) groups excluding carboxylic acids is 1. The normalized spacial score (nSPS) is 14.1. The Hall–Kier alpha value is -4.00. The number of imidazole rings is 1. The highest BCUT2D eigenvalue weighted by Crippen LogP contribution is 2.30. The van der Waals surface area contributed by atoms with Crippen LogP contribution in [0.1, 0.15) is 48.0 Å². The molecule has 1 amide bonds. The second kappa shape index (κ2) is 10.3. The predicted octanol–water partition coefficient (Wildman–Crippen LogP) is 5.87. The first-order chi connectivity index (χ1) is 17.5. The molecule has 5 rings (SSSR count). The number of benzene rings is 3. The number of hydrogen-bond acceptors (Lipinski definition) is 5. The highest BCUT2D eigenvalue weighted by Gasteiger charge is 2.25. The van der Waals surface area contributed by atoms with Crippen LogP contribution in [-0.2, 0) is 6.54 Å². The summed E-state index contributed by atoms with van der Waals surface area (Å²) in [5.41, 5.74) is 9.48. The molecule has 0 bridgehead atoms. The first kappa shape index (κ1) is 23.7. The van der Waals surface area contributed by atoms with Crippen molar-refractivity contribution in [2.24, 2.45) is 0 Å². The van der Waals surface area contributed by atoms with Gasteiger partial charge in [-0.2, -0.15) is 0 Å². The van der Waals surface area contributed by atoms with Gasteiger partial charge in [-0.15, -0.1) is 0 Å². The Morgan fingerprint density at radius 3 is 2.56 bits per heavy atom. The van der Waals surface area contributed by atoms with Gasteiger partial charge in [-0.1, -0.05) is 43.5 Å². The fraction of sp³-hybridized carbons (Fsp3) is 0.310. The smallest absolute Gasteiger partial charge is 0.257 e. The Bertz CT molecular complexity index is 1360. The van der Waals surface area contributed by atoms with Gasteiger partial charge in [-0.05, 0) is 54.8 Å². The maximum atomic E-state index is 13.5. The van der Waals surface area contributed by atoms with E-state index in [2.05, 4.69) is 4.98 Å². The molecule has 2 N–H and O–H groups in total. The molecule has 4 aromatic rings. The Kier molecular flexibility index (Phi) is 6.80. The summed E-state index contributed by atoms with van der Waals surface area (Å²) in [5.74, 6) is 2.44. The second-order valence-electron chi connectivity index (χ2n) is 9.36. The highest BCUT2D eigenvalue weighted by molar-refractivity contribution is 5.97. The summed E-state index contributed by atoms with van der Waals surface area (Å²) < 4.78 is 13.5. The number of rotatable bonds is 7. The standard InChI is InChI=1S/C29H32N4O3/c1-32(21-9-5-3-6-10-21)28(34)24-17-20(13-16-27(24)35-2)19-33-26-18-23(14-15-25(26)31-29(33)30)36-22-11-7-4-8-12-22/h4,7-8,11-18,21H,3,5-6,9-10,19H2,1-2H3,(H2,30,31). The van der Waals surface area contributed by atoms with E-state index in [9.17, 15) is 4.79 Å². The number of methoxy groups -OCH3 is 1. The van der Waals surface area contributed by atoms with Gasteiger partial charge in [0.1, 0.15) is 17.2 Å². The Morgan fingerprint density at radius 2 is 1.81 bits per heavy atom. The van der Waals surface area contributed by atoms with Crippen LogP contribution in [0.25, 0.3) is 11.0 Å². The van der Waals surface area contributed by atoms with Crippen molar-refractivity contribution in [3.8, 4) is 17.2 Å². The molecule has 1 aromatic heterocycles. The summed E-state index contributed by atoms with van der Waals surface area (Å²) in [7, 11) is 3.50. The number of hydrogen-bond donors (Lipinski definition) is 1. The number of para-hydroxylation sites is 1. The zero-order chi connectivity index (χ0) is 25.1. The number of nitrogens with zero attached hydrogens (tertiary/aromatic N) is 3. The van der Waals surface area contributed by atoms with Crippen LogP contribution in [-0.4, -0.2) is 40.6 Å². The number of nitrogens with two attached hydrogens (primary N) is 1. The van der Waals surface area contributed by atoms with E-state index < -0.39 is 0 Å². The Morgan fingerprint density at radius 1 is 1.03 bits per heavy atom. The van der Waals surface area contributed by atoms with Gasteiger partial charge in [-0.3, -0.25) is 4.79 Å². The third-order valence-electron chi connectivity index (χ3n) is 7.01. The molecule has 1 heterocycles. The van der Waals surface area contributed by atoms with E-state index in [1.807, 2.05) is 83.2 Å². The van der Waals surface area contributed by atoms with Gasteiger partial charge < -0.3 is 24.7 Å². The van der Waals surface area contributed by atoms with Crippen molar-refractivity contribution < 1.29 is 14.3 Å². The largest absolute Gasteiger partial charge is 0.496 e. The molecule has 0 unspecified atom stereocenters. The van der Waals surface area contributed by atoms with Crippen molar-refractivity contribution in [3.63, 3.8) is 0 Å². The van der Waals surface area contributed by atoms with Gasteiger partial charge in [0, 0.05) is 19.2 Å². The van der Waals surface area contributed by atoms with E-state index in [1.54, 1.807) is 7.11 Å². The van der Waals surface area contributed by atoms with E-state index in [4.69, 9.17) is 15.2 Å². The van der Waals surface area contributed by atoms with Crippen molar-refractivity contribution in [3.05, 3.63) is 77.9 Å². The number of fused-ring (bicyclic) bond motifs is 1. The lowest BCUT2D eigenvalue weighted by Gasteiger charge is -2.31. The Labute approximate surface area is 211 Å². The van der Waals surface area contributed by atoms with Crippen molar-refractivity contribution >= 4 is 22.9 Å². The minimum atomic E-state index is -0.0115. The molecule has 1 aliphatic rings. The van der Waals surface area contributed by atoms with Gasteiger partial charge >= 0.3 is 0 Å². The minimum absolute atomic E-state index is 0.0115. The zero-order valence-electron chi connectivity index (χ0n) is 20.8. The van der Waals surface area contributed by atoms with Crippen molar-refractivity contribution in [2.75, 3.05) is 19.9 Å². The van der Waals surface area contributed by atoms with Crippen molar-refractivity contribution in [2.45, 2.75) is 44.7 Å². The molecule has 1 saturated carbocycles. The molecule has 0 aliphatic heterocycles. The maximum Gasteiger partial charge on any atom is 0.257 e. The molecular weight excluding hydrogens is 452 g/mol. The molecular formula is C29H32N4O3. The molecule has 1 fully saturated rings. The third kappa shape index (κ3) is 4.87. The summed E-state index contributed by atoms with van der Waals surface area (Å²) in [6.45, 7) is 0.467. The molecule has 0 saturated heterocycles. The molecule has 7 heteroatoms. The van der Waals surface area contributed by atoms with E-state index in [0.29, 0.717) is 29.6 Å². The molecule has 0 radical (unpaired) electrons. The van der Waals surface area contributed by atoms with E-state index >= 15 is 0 Å². The van der Waals surface area contributed by atoms with E-state index in [-0.39, 0.29) is 11.9 Å². The molecule has 7 nitrogen and oxygen atoms in total. The number of nitrogen functional groups attached to an aromatic ring is 1. The van der Waals surface area contributed by atoms with E-state index in [0.717, 1.165) is 35.2 Å². The summed E-state index contributed by atoms with van der Waals surface area (Å²) in [5, 5.41) is 0. The summed E-state index contributed by atoms with van der Waals surface area (Å²) >= 11 is 0. The average Bonchev–Trinajstić information content (AvgIpc) is 3.23. The van der Waals surface area contributed by atoms with Crippen LogP contribution in [0.5, 0.6) is 17.2 Å². The minimum Gasteiger partial charge on any atom is -0.496 e. The average molecular weight is 485 g/mol. The lowest BCUT2D eigenvalue weighted by atomic mass is 9.94. The third-order valence-corrected chi connectivity index (χ3v) is 7.01. The fourth-order valence-corrected chi connectivity index (χ4v) is 5.00. The van der Waals surface area contributed by atoms with Crippen LogP contribution in [0, 0.1) is 0 Å². The van der Waals surface area contributed by atoms with E-state index in [1.165, 1.54) is 19.3 Å². The second-order valence-corrected chi connectivity index (χ2v) is 9.36. The van der Waals surface area contributed by atoms with Gasteiger partial charge in [0.05, 0.1) is 30.3 Å². The number of aromatic nitrogens is 2. The lowest BCUT2D eigenvalue weighted by molar-refractivity contribution is 0.0692. The van der Waals surface area contributed by atoms with Gasteiger partial charge in [0.25, 0.3) is 5.91 Å². The molecule has 0 atom stereocenters. The molecule has 36 heavy (non-hydrogen) atoms. The van der Waals surface area contributed by atoms with Crippen LogP contribution < -0.4 is 15.2 Å².